The lowest BCUT2D eigenvalue weighted by molar-refractivity contribution is 0.172. The minimum atomic E-state index is -1.11. The molecule has 144 valence electrons. The van der Waals surface area contributed by atoms with Gasteiger partial charge in [-0.2, -0.15) is 5.26 Å². The molecule has 1 N–H and O–H groups in total. The van der Waals surface area contributed by atoms with Crippen molar-refractivity contribution in [1.29, 1.82) is 5.26 Å². The van der Waals surface area contributed by atoms with Gasteiger partial charge < -0.3 is 9.45 Å². The Hall–Kier alpha value is -2.14. The van der Waals surface area contributed by atoms with Gasteiger partial charge in [-0.1, -0.05) is 18.2 Å². The van der Waals surface area contributed by atoms with Crippen molar-refractivity contribution < 1.29 is 4.55 Å². The second kappa shape index (κ2) is 6.18. The molecule has 1 spiro atoms. The Morgan fingerprint density at radius 1 is 1.29 bits per heavy atom. The highest BCUT2D eigenvalue weighted by atomic mass is 32.2. The number of anilines is 1. The van der Waals surface area contributed by atoms with Gasteiger partial charge in [0.05, 0.1) is 6.04 Å². The highest BCUT2D eigenvalue weighted by Gasteiger charge is 2.56. The fourth-order valence-corrected chi connectivity index (χ4v) is 6.39. The predicted octanol–water partition coefficient (Wildman–Crippen LogP) is 2.73. The van der Waals surface area contributed by atoms with E-state index in [-0.39, 0.29) is 16.2 Å². The molecular formula is C21H23N5OS. The number of hydrogen-bond donors (Lipinski definition) is 1. The van der Waals surface area contributed by atoms with Gasteiger partial charge in [-0.25, -0.2) is 9.97 Å². The maximum atomic E-state index is 13.0. The van der Waals surface area contributed by atoms with Crippen molar-refractivity contribution in [3.8, 4) is 6.07 Å². The van der Waals surface area contributed by atoms with E-state index < -0.39 is 11.4 Å². The van der Waals surface area contributed by atoms with Gasteiger partial charge in [-0.15, -0.1) is 4.72 Å². The van der Waals surface area contributed by atoms with Crippen molar-refractivity contribution in [2.24, 2.45) is 5.41 Å². The molecule has 1 fully saturated rings. The quantitative estimate of drug-likeness (QED) is 0.750. The molecule has 1 aromatic heterocycles. The second-order valence-electron chi connectivity index (χ2n) is 8.59. The molecule has 3 aliphatic rings. The van der Waals surface area contributed by atoms with Crippen LogP contribution in [0.4, 0.5) is 5.95 Å². The first kappa shape index (κ1) is 17.9. The fraction of sp³-hybridized carbons (Fsp3) is 0.476. The van der Waals surface area contributed by atoms with Crippen LogP contribution < -0.4 is 9.62 Å². The lowest BCUT2D eigenvalue weighted by Gasteiger charge is -2.46. The molecule has 2 aromatic rings. The van der Waals surface area contributed by atoms with E-state index in [0.717, 1.165) is 32.4 Å². The Morgan fingerprint density at radius 2 is 2.07 bits per heavy atom. The standard InChI is InChI=1S/C21H23N5OS/c1-20(2)16-5-3-4-14-12-21(18(17(14)16)25-28(20)27)7-10-26(11-8-21)19-23-9-6-15(13-22)24-19/h3-6,9,18,25H,7-8,10-12H2,1-2H3/t18-,28-/m1/s1. The summed E-state index contributed by atoms with van der Waals surface area (Å²) in [6.07, 6.45) is 4.64. The number of fused-ring (bicyclic) bond motifs is 1. The largest absolute Gasteiger partial charge is 0.597 e. The molecule has 0 amide bonds. The number of nitriles is 1. The Bertz CT molecular complexity index is 977. The van der Waals surface area contributed by atoms with Gasteiger partial charge in [-0.3, -0.25) is 0 Å². The summed E-state index contributed by atoms with van der Waals surface area (Å²) in [5.74, 6) is 0.631. The van der Waals surface area contributed by atoms with Crippen molar-refractivity contribution >= 4 is 17.3 Å². The molecule has 0 saturated carbocycles. The van der Waals surface area contributed by atoms with Gasteiger partial charge in [0.2, 0.25) is 5.95 Å². The normalized spacial score (nSPS) is 26.7. The smallest absolute Gasteiger partial charge is 0.226 e. The molecule has 6 nitrogen and oxygen atoms in total. The van der Waals surface area contributed by atoms with Crippen LogP contribution >= 0.6 is 0 Å². The van der Waals surface area contributed by atoms with Crippen LogP contribution in [0.1, 0.15) is 55.1 Å². The van der Waals surface area contributed by atoms with Gasteiger partial charge in [0.1, 0.15) is 11.8 Å². The number of nitrogens with zero attached hydrogens (tertiary/aromatic N) is 4. The predicted molar refractivity (Wildman–Crippen MR) is 108 cm³/mol. The number of nitrogens with one attached hydrogen (secondary N) is 1. The summed E-state index contributed by atoms with van der Waals surface area (Å²) in [5, 5.41) is 9.10. The van der Waals surface area contributed by atoms with Crippen LogP contribution in [-0.2, 0) is 22.5 Å². The zero-order chi connectivity index (χ0) is 19.5. The number of piperidine rings is 1. The molecule has 2 atom stereocenters. The first-order chi connectivity index (χ1) is 13.4. The first-order valence-corrected chi connectivity index (χ1v) is 10.9. The highest BCUT2D eigenvalue weighted by Crippen LogP contribution is 2.57. The minimum Gasteiger partial charge on any atom is -0.597 e. The second-order valence-corrected chi connectivity index (χ2v) is 10.4. The third kappa shape index (κ3) is 2.48. The number of hydrogen-bond acceptors (Lipinski definition) is 6. The molecule has 0 unspecified atom stereocenters. The van der Waals surface area contributed by atoms with E-state index in [9.17, 15) is 4.55 Å². The molecule has 0 radical (unpaired) electrons. The van der Waals surface area contributed by atoms with Crippen LogP contribution in [-0.4, -0.2) is 27.6 Å². The van der Waals surface area contributed by atoms with E-state index in [1.165, 1.54) is 16.7 Å². The average molecular weight is 394 g/mol. The zero-order valence-electron chi connectivity index (χ0n) is 16.1. The van der Waals surface area contributed by atoms with Crippen molar-refractivity contribution in [3.05, 3.63) is 52.8 Å². The monoisotopic (exact) mass is 393 g/mol. The Morgan fingerprint density at radius 3 is 2.82 bits per heavy atom. The summed E-state index contributed by atoms with van der Waals surface area (Å²) >= 11 is -1.11. The topological polar surface area (TPSA) is 87.9 Å². The summed E-state index contributed by atoms with van der Waals surface area (Å²) in [6, 6.07) is 10.4. The maximum absolute atomic E-state index is 13.0. The lowest BCUT2D eigenvalue weighted by atomic mass is 9.72. The highest BCUT2D eigenvalue weighted by molar-refractivity contribution is 7.90. The van der Waals surface area contributed by atoms with Gasteiger partial charge in [0, 0.05) is 41.6 Å². The SMILES string of the molecule is CC1(C)c2cccc3c2[C@@H](N[S@+]1[O-])C1(CCN(c2nccc(C#N)n2)CC1)C3. The molecule has 7 heteroatoms. The van der Waals surface area contributed by atoms with Crippen LogP contribution in [0.25, 0.3) is 0 Å². The molecular weight excluding hydrogens is 370 g/mol. The summed E-state index contributed by atoms with van der Waals surface area (Å²) < 4.78 is 16.1. The molecule has 0 bridgehead atoms. The number of rotatable bonds is 1. The van der Waals surface area contributed by atoms with Crippen LogP contribution in [0.15, 0.2) is 30.5 Å². The molecule has 1 saturated heterocycles. The Kier molecular flexibility index (Phi) is 3.96. The van der Waals surface area contributed by atoms with Gasteiger partial charge in [0.15, 0.2) is 4.75 Å². The Balaban J connectivity index is 1.44. The van der Waals surface area contributed by atoms with Crippen molar-refractivity contribution in [2.75, 3.05) is 18.0 Å². The molecule has 5 rings (SSSR count). The molecule has 1 aliphatic carbocycles. The van der Waals surface area contributed by atoms with E-state index in [1.54, 1.807) is 12.3 Å². The molecule has 3 heterocycles. The third-order valence-electron chi connectivity index (χ3n) is 6.78. The first-order valence-electron chi connectivity index (χ1n) is 9.73. The molecule has 1 aromatic carbocycles. The van der Waals surface area contributed by atoms with Crippen molar-refractivity contribution in [3.63, 3.8) is 0 Å². The maximum Gasteiger partial charge on any atom is 0.226 e. The summed E-state index contributed by atoms with van der Waals surface area (Å²) in [6.45, 7) is 5.81. The van der Waals surface area contributed by atoms with E-state index >= 15 is 0 Å². The van der Waals surface area contributed by atoms with E-state index in [2.05, 4.69) is 57.7 Å². The van der Waals surface area contributed by atoms with Crippen LogP contribution in [0.3, 0.4) is 0 Å². The minimum absolute atomic E-state index is 0.0773. The summed E-state index contributed by atoms with van der Waals surface area (Å²) in [5.41, 5.74) is 4.49. The van der Waals surface area contributed by atoms with E-state index in [1.807, 2.05) is 0 Å². The number of aromatic nitrogens is 2. The number of benzene rings is 1. The van der Waals surface area contributed by atoms with Gasteiger partial charge in [-0.05, 0) is 50.3 Å². The average Bonchev–Trinajstić information content (AvgIpc) is 3.00. The molecule has 28 heavy (non-hydrogen) atoms. The zero-order valence-corrected chi connectivity index (χ0v) is 16.9. The summed E-state index contributed by atoms with van der Waals surface area (Å²) in [4.78, 5) is 10.9. The van der Waals surface area contributed by atoms with Crippen LogP contribution in [0.5, 0.6) is 0 Å². The summed E-state index contributed by atoms with van der Waals surface area (Å²) in [7, 11) is 0. The van der Waals surface area contributed by atoms with Crippen LogP contribution in [0, 0.1) is 16.7 Å². The third-order valence-corrected chi connectivity index (χ3v) is 8.37. The van der Waals surface area contributed by atoms with Gasteiger partial charge >= 0.3 is 0 Å². The van der Waals surface area contributed by atoms with E-state index in [0.29, 0.717) is 11.6 Å². The van der Waals surface area contributed by atoms with Crippen LogP contribution in [0.2, 0.25) is 0 Å². The van der Waals surface area contributed by atoms with E-state index in [4.69, 9.17) is 5.26 Å². The fourth-order valence-electron chi connectivity index (χ4n) is 5.14. The van der Waals surface area contributed by atoms with Crippen molar-refractivity contribution in [2.45, 2.75) is 43.9 Å². The van der Waals surface area contributed by atoms with Gasteiger partial charge in [0.25, 0.3) is 0 Å². The molecule has 2 aliphatic heterocycles. The Labute approximate surface area is 168 Å². The van der Waals surface area contributed by atoms with Crippen molar-refractivity contribution in [1.82, 2.24) is 14.7 Å². The lowest BCUT2D eigenvalue weighted by Crippen LogP contribution is -2.53.